The van der Waals surface area contributed by atoms with Crippen LogP contribution in [0.4, 0.5) is 15.3 Å². The molecule has 4 amide bonds. The number of methoxy groups -OCH3 is 2. The first-order valence-corrected chi connectivity index (χ1v) is 24.3. The second-order valence-electron chi connectivity index (χ2n) is 20.3. The maximum absolute atomic E-state index is 13.7. The van der Waals surface area contributed by atoms with E-state index in [2.05, 4.69) is 139 Å². The van der Waals surface area contributed by atoms with E-state index in [1.165, 1.54) is 30.9 Å². The number of H-pyrrole nitrogens is 2. The van der Waals surface area contributed by atoms with E-state index in [9.17, 15) is 19.2 Å². The van der Waals surface area contributed by atoms with Gasteiger partial charge in [-0.05, 0) is 84.6 Å². The molecule has 2 aromatic heterocycles. The molecule has 0 saturated carbocycles. The lowest BCUT2D eigenvalue weighted by Crippen LogP contribution is -2.51. The van der Waals surface area contributed by atoms with E-state index in [4.69, 9.17) is 9.47 Å². The van der Waals surface area contributed by atoms with Crippen LogP contribution in [0.1, 0.15) is 139 Å². The average molecular weight is 942 g/mol. The largest absolute Gasteiger partial charge is 0.453 e. The number of carbonyl (C=O) groups excluding carboxylic acids is 4. The van der Waals surface area contributed by atoms with Crippen molar-refractivity contribution in [2.75, 3.05) is 32.2 Å². The number of aromatic nitrogens is 6. The van der Waals surface area contributed by atoms with Crippen LogP contribution in [-0.2, 0) is 24.5 Å². The van der Waals surface area contributed by atoms with Gasteiger partial charge in [-0.3, -0.25) is 9.59 Å². The van der Waals surface area contributed by atoms with Gasteiger partial charge in [0.1, 0.15) is 12.1 Å². The van der Waals surface area contributed by atoms with Gasteiger partial charge < -0.3 is 44.8 Å². The van der Waals surface area contributed by atoms with Crippen molar-refractivity contribution in [2.45, 2.75) is 129 Å². The topological polar surface area (TPSA) is 204 Å². The van der Waals surface area contributed by atoms with Crippen molar-refractivity contribution in [2.24, 2.45) is 11.8 Å². The summed E-state index contributed by atoms with van der Waals surface area (Å²) in [6.07, 6.45) is 3.74. The molecule has 366 valence electrons. The quantitative estimate of drug-likeness (QED) is 0.0879. The molecule has 3 aliphatic heterocycles. The highest BCUT2D eigenvalue weighted by molar-refractivity contribution is 5.87. The summed E-state index contributed by atoms with van der Waals surface area (Å²) in [5.41, 5.74) is 6.61. The number of hydrogen-bond donors (Lipinski definition) is 4. The zero-order valence-electron chi connectivity index (χ0n) is 41.3. The fourth-order valence-electron chi connectivity index (χ4n) is 10.2. The Bertz CT molecular complexity index is 2430. The van der Waals surface area contributed by atoms with E-state index in [-0.39, 0.29) is 53.2 Å². The molecule has 17 heteroatoms. The van der Waals surface area contributed by atoms with E-state index >= 15 is 0 Å². The van der Waals surface area contributed by atoms with Gasteiger partial charge in [0.2, 0.25) is 11.8 Å². The first kappa shape index (κ1) is 48.7. The molecule has 2 unspecified atom stereocenters. The van der Waals surface area contributed by atoms with Crippen LogP contribution in [0.15, 0.2) is 72.8 Å². The molecule has 0 aliphatic carbocycles. The van der Waals surface area contributed by atoms with Crippen molar-refractivity contribution < 1.29 is 28.7 Å². The molecule has 3 aromatic carbocycles. The van der Waals surface area contributed by atoms with E-state index < -0.39 is 24.3 Å². The van der Waals surface area contributed by atoms with Crippen molar-refractivity contribution in [3.05, 3.63) is 101 Å². The first-order chi connectivity index (χ1) is 33.1. The molecule has 3 fully saturated rings. The monoisotopic (exact) mass is 942 g/mol. The Morgan fingerprint density at radius 2 is 0.986 bits per heavy atom. The van der Waals surface area contributed by atoms with Gasteiger partial charge in [0.15, 0.2) is 23.3 Å². The van der Waals surface area contributed by atoms with Crippen LogP contribution < -0.4 is 15.5 Å². The number of ether oxygens (including phenoxy) is 2. The maximum Gasteiger partial charge on any atom is 0.407 e. The Morgan fingerprint density at radius 3 is 1.35 bits per heavy atom. The molecule has 4 N–H and O–H groups in total. The minimum atomic E-state index is -0.718. The molecule has 0 spiro atoms. The molecule has 3 aliphatic rings. The normalized spacial score (nSPS) is 20.4. The molecule has 5 heterocycles. The van der Waals surface area contributed by atoms with Crippen molar-refractivity contribution in [3.8, 4) is 22.8 Å². The van der Waals surface area contributed by atoms with Gasteiger partial charge in [0.05, 0.1) is 38.4 Å². The number of aromatic amines is 2. The van der Waals surface area contributed by atoms with Gasteiger partial charge in [-0.2, -0.15) is 0 Å². The average Bonchev–Trinajstić information content (AvgIpc) is 4.21. The fraction of sp³-hybridized carbons (Fsp3) is 0.500. The standard InChI is InChI=1S/C52H67N11O6/c1-30(2)42(53-50(66)68-8)48(64)61-28-10-12-40(61)46-55-44(57-59-46)34-18-14-32(15-19-34)38-26-27-39(63(38)37-24-22-36(23-25-37)52(5,6)7)33-16-20-35(21-17-33)45-56-47(60-58-45)41-13-11-29-62(41)49(65)43(31(3)4)54-51(67)69-9/h14-25,30-31,38-43H,10-13,26-29H2,1-9H3,(H,53,66)(H,54,67)(H,55,57,59)(H,56,58,60)/t38?,39?,40-,41-,42-,43-/m0/s1. The molecular weight excluding hydrogens is 875 g/mol. The number of amides is 4. The number of carbonyl (C=O) groups is 4. The predicted octanol–water partition coefficient (Wildman–Crippen LogP) is 8.73. The molecule has 5 aromatic rings. The molecule has 0 bridgehead atoms. The van der Waals surface area contributed by atoms with Gasteiger partial charge in [0.25, 0.3) is 0 Å². The van der Waals surface area contributed by atoms with Gasteiger partial charge in [-0.15, -0.1) is 20.4 Å². The van der Waals surface area contributed by atoms with Crippen LogP contribution in [0, 0.1) is 11.8 Å². The number of likely N-dealkylation sites (tertiary alicyclic amines) is 2. The second-order valence-corrected chi connectivity index (χ2v) is 20.3. The second kappa shape index (κ2) is 20.4. The summed E-state index contributed by atoms with van der Waals surface area (Å²) >= 11 is 0. The Balaban J connectivity index is 1.00. The number of alkyl carbamates (subject to hydrolysis) is 2. The predicted molar refractivity (Wildman–Crippen MR) is 262 cm³/mol. The first-order valence-electron chi connectivity index (χ1n) is 24.3. The van der Waals surface area contributed by atoms with Crippen LogP contribution in [0.2, 0.25) is 0 Å². The van der Waals surface area contributed by atoms with E-state index in [1.54, 1.807) is 9.80 Å². The van der Waals surface area contributed by atoms with Gasteiger partial charge >= 0.3 is 12.2 Å². The Morgan fingerprint density at radius 1 is 0.580 bits per heavy atom. The van der Waals surface area contributed by atoms with E-state index in [0.29, 0.717) is 36.4 Å². The molecule has 6 atom stereocenters. The van der Waals surface area contributed by atoms with Gasteiger partial charge in [-0.25, -0.2) is 9.59 Å². The third-order valence-corrected chi connectivity index (χ3v) is 14.0. The summed E-state index contributed by atoms with van der Waals surface area (Å²) in [5, 5.41) is 23.5. The number of nitrogens with zero attached hydrogens (tertiary/aromatic N) is 7. The third-order valence-electron chi connectivity index (χ3n) is 14.0. The number of nitrogens with one attached hydrogen (secondary N) is 4. The highest BCUT2D eigenvalue weighted by Crippen LogP contribution is 2.48. The zero-order chi connectivity index (χ0) is 49.1. The van der Waals surface area contributed by atoms with Crippen LogP contribution in [-0.4, -0.2) is 104 Å². The molecular formula is C52H67N11O6. The molecule has 0 radical (unpaired) electrons. The van der Waals surface area contributed by atoms with E-state index in [0.717, 1.165) is 55.3 Å². The summed E-state index contributed by atoms with van der Waals surface area (Å²) in [6, 6.07) is 24.3. The number of benzene rings is 3. The van der Waals surface area contributed by atoms with Crippen LogP contribution in [0.3, 0.4) is 0 Å². The van der Waals surface area contributed by atoms with Crippen molar-refractivity contribution in [1.82, 2.24) is 50.8 Å². The Kier molecular flexibility index (Phi) is 14.4. The summed E-state index contributed by atoms with van der Waals surface area (Å²) in [4.78, 5) is 64.6. The van der Waals surface area contributed by atoms with Crippen LogP contribution in [0.5, 0.6) is 0 Å². The summed E-state index contributed by atoms with van der Waals surface area (Å²) in [7, 11) is 2.58. The van der Waals surface area contributed by atoms with Gasteiger partial charge in [0, 0.05) is 29.9 Å². The summed E-state index contributed by atoms with van der Waals surface area (Å²) in [5.74, 6) is 1.92. The Labute approximate surface area is 404 Å². The lowest BCUT2D eigenvalue weighted by molar-refractivity contribution is -0.136. The van der Waals surface area contributed by atoms with Crippen LogP contribution >= 0.6 is 0 Å². The molecule has 3 saturated heterocycles. The lowest BCUT2D eigenvalue weighted by Gasteiger charge is -2.34. The van der Waals surface area contributed by atoms with Crippen molar-refractivity contribution in [1.29, 1.82) is 0 Å². The number of hydrogen-bond acceptors (Lipinski definition) is 11. The summed E-state index contributed by atoms with van der Waals surface area (Å²) < 4.78 is 9.60. The van der Waals surface area contributed by atoms with Crippen molar-refractivity contribution >= 4 is 29.7 Å². The number of rotatable bonds is 13. The highest BCUT2D eigenvalue weighted by atomic mass is 16.5. The molecule has 69 heavy (non-hydrogen) atoms. The molecule has 17 nitrogen and oxygen atoms in total. The minimum absolute atomic E-state index is 0.0166. The zero-order valence-corrected chi connectivity index (χ0v) is 41.3. The van der Waals surface area contributed by atoms with Crippen molar-refractivity contribution in [3.63, 3.8) is 0 Å². The molecule has 8 rings (SSSR count). The smallest absolute Gasteiger partial charge is 0.407 e. The number of anilines is 1. The van der Waals surface area contributed by atoms with Gasteiger partial charge in [-0.1, -0.05) is 109 Å². The third kappa shape index (κ3) is 10.3. The Hall–Kier alpha value is -6.78. The minimum Gasteiger partial charge on any atom is -0.453 e. The van der Waals surface area contributed by atoms with E-state index in [1.807, 2.05) is 27.7 Å². The summed E-state index contributed by atoms with van der Waals surface area (Å²) in [6.45, 7) is 15.4. The maximum atomic E-state index is 13.7. The van der Waals surface area contributed by atoms with Crippen LogP contribution in [0.25, 0.3) is 22.8 Å². The SMILES string of the molecule is COC(=O)N[C@H](C(=O)N1CCC[C@H]1c1nnc(-c2ccc(C3CCC(c4ccc(-c5nnc([C@@H]6CCCN6C(=O)[C@@H](NC(=O)OC)C(C)C)[nH]5)cc4)N3c3ccc(C(C)(C)C)cc3)cc2)[nH]1)C(C)C. The highest BCUT2D eigenvalue weighted by Gasteiger charge is 2.40. The fourth-order valence-corrected chi connectivity index (χ4v) is 10.2. The lowest BCUT2D eigenvalue weighted by atomic mass is 9.87.